The number of anilines is 3. The lowest BCUT2D eigenvalue weighted by Gasteiger charge is -2.07. The first-order valence-corrected chi connectivity index (χ1v) is 9.15. The number of carbonyl (C=O) groups is 1. The number of nitrogens with one attached hydrogen (secondary N) is 3. The van der Waals surface area contributed by atoms with Gasteiger partial charge < -0.3 is 10.6 Å². The van der Waals surface area contributed by atoms with Gasteiger partial charge in [0.05, 0.1) is 0 Å². The van der Waals surface area contributed by atoms with Gasteiger partial charge in [-0.05, 0) is 48.6 Å². The highest BCUT2D eigenvalue weighted by Crippen LogP contribution is 2.21. The summed E-state index contributed by atoms with van der Waals surface area (Å²) in [6.07, 6.45) is 0. The standard InChI is InChI=1S/C16H12BrN5OS2/c17-11-8-6-10(7-9-11)13(23)19-15-21-22-16(25-15)20-14(24)18-12-4-2-1-3-5-12/h1-9H,(H,19,21,23)(H2,18,20,22,24). The zero-order valence-corrected chi connectivity index (χ0v) is 15.9. The molecule has 1 amide bonds. The molecule has 0 aliphatic carbocycles. The first-order chi connectivity index (χ1) is 12.1. The van der Waals surface area contributed by atoms with Crippen molar-refractivity contribution in [2.45, 2.75) is 0 Å². The zero-order chi connectivity index (χ0) is 17.6. The van der Waals surface area contributed by atoms with Crippen molar-refractivity contribution < 1.29 is 4.79 Å². The maximum atomic E-state index is 12.2. The Bertz CT molecular complexity index is 883. The molecule has 9 heteroatoms. The third kappa shape index (κ3) is 5.05. The van der Waals surface area contributed by atoms with Crippen molar-refractivity contribution in [1.29, 1.82) is 0 Å². The quantitative estimate of drug-likeness (QED) is 0.530. The summed E-state index contributed by atoms with van der Waals surface area (Å²) in [5, 5.41) is 17.9. The van der Waals surface area contributed by atoms with E-state index in [1.807, 2.05) is 30.3 Å². The summed E-state index contributed by atoms with van der Waals surface area (Å²) in [4.78, 5) is 12.2. The summed E-state index contributed by atoms with van der Waals surface area (Å²) in [6.45, 7) is 0. The van der Waals surface area contributed by atoms with E-state index < -0.39 is 0 Å². The second-order valence-corrected chi connectivity index (χ2v) is 7.12. The number of nitrogens with zero attached hydrogens (tertiary/aromatic N) is 2. The van der Waals surface area contributed by atoms with Crippen LogP contribution in [0.25, 0.3) is 0 Å². The molecule has 3 rings (SSSR count). The maximum Gasteiger partial charge on any atom is 0.257 e. The molecule has 2 aromatic carbocycles. The number of carbonyl (C=O) groups excluding carboxylic acids is 1. The molecule has 0 atom stereocenters. The van der Waals surface area contributed by atoms with Crippen LogP contribution in [0.2, 0.25) is 0 Å². The van der Waals surface area contributed by atoms with Crippen LogP contribution < -0.4 is 16.0 Å². The molecule has 0 bridgehead atoms. The molecule has 1 aromatic heterocycles. The highest BCUT2D eigenvalue weighted by atomic mass is 79.9. The summed E-state index contributed by atoms with van der Waals surface area (Å²) < 4.78 is 0.908. The fourth-order valence-electron chi connectivity index (χ4n) is 1.88. The monoisotopic (exact) mass is 433 g/mol. The lowest BCUT2D eigenvalue weighted by atomic mass is 10.2. The minimum Gasteiger partial charge on any atom is -0.332 e. The number of benzene rings is 2. The van der Waals surface area contributed by atoms with E-state index in [1.54, 1.807) is 24.3 Å². The summed E-state index contributed by atoms with van der Waals surface area (Å²) in [5.41, 5.74) is 1.41. The van der Waals surface area contributed by atoms with Gasteiger partial charge in [0.25, 0.3) is 5.91 Å². The first kappa shape index (κ1) is 17.5. The number of aromatic nitrogens is 2. The molecule has 3 aromatic rings. The molecule has 0 fully saturated rings. The van der Waals surface area contributed by atoms with Crippen LogP contribution in [-0.4, -0.2) is 21.2 Å². The maximum absolute atomic E-state index is 12.2. The minimum absolute atomic E-state index is 0.250. The van der Waals surface area contributed by atoms with E-state index in [4.69, 9.17) is 12.2 Å². The van der Waals surface area contributed by atoms with Crippen LogP contribution in [0.15, 0.2) is 59.1 Å². The second kappa shape index (κ2) is 8.15. The highest BCUT2D eigenvalue weighted by Gasteiger charge is 2.11. The number of amides is 1. The van der Waals surface area contributed by atoms with Crippen LogP contribution in [0.4, 0.5) is 16.0 Å². The first-order valence-electron chi connectivity index (χ1n) is 7.13. The van der Waals surface area contributed by atoms with Gasteiger partial charge in [0, 0.05) is 15.7 Å². The molecule has 126 valence electrons. The van der Waals surface area contributed by atoms with E-state index in [0.29, 0.717) is 20.9 Å². The highest BCUT2D eigenvalue weighted by molar-refractivity contribution is 9.10. The zero-order valence-electron chi connectivity index (χ0n) is 12.7. The van der Waals surface area contributed by atoms with Crippen molar-refractivity contribution in [3.05, 3.63) is 64.6 Å². The van der Waals surface area contributed by atoms with E-state index in [9.17, 15) is 4.79 Å². The number of halogens is 1. The Balaban J connectivity index is 1.57. The molecule has 0 saturated carbocycles. The van der Waals surface area contributed by atoms with Gasteiger partial charge in [-0.15, -0.1) is 10.2 Å². The van der Waals surface area contributed by atoms with Crippen molar-refractivity contribution in [3.63, 3.8) is 0 Å². The van der Waals surface area contributed by atoms with Crippen molar-refractivity contribution in [1.82, 2.24) is 10.2 Å². The van der Waals surface area contributed by atoms with E-state index in [2.05, 4.69) is 42.1 Å². The SMILES string of the molecule is O=C(Nc1nnc(NC(=S)Nc2ccccc2)s1)c1ccc(Br)cc1. The Labute approximate surface area is 161 Å². The van der Waals surface area contributed by atoms with Gasteiger partial charge >= 0.3 is 0 Å². The molecule has 0 unspecified atom stereocenters. The normalized spacial score (nSPS) is 10.1. The van der Waals surface area contributed by atoms with Crippen molar-refractivity contribution in [2.75, 3.05) is 16.0 Å². The van der Waals surface area contributed by atoms with Crippen LogP contribution in [0, 0.1) is 0 Å². The molecule has 6 nitrogen and oxygen atoms in total. The smallest absolute Gasteiger partial charge is 0.257 e. The van der Waals surface area contributed by atoms with E-state index >= 15 is 0 Å². The third-order valence-electron chi connectivity index (χ3n) is 3.00. The molecule has 1 heterocycles. The summed E-state index contributed by atoms with van der Waals surface area (Å²) >= 11 is 9.76. The van der Waals surface area contributed by atoms with Crippen molar-refractivity contribution in [3.8, 4) is 0 Å². The van der Waals surface area contributed by atoms with Crippen LogP contribution in [0.5, 0.6) is 0 Å². The van der Waals surface area contributed by atoms with Crippen LogP contribution in [-0.2, 0) is 0 Å². The van der Waals surface area contributed by atoms with Crippen molar-refractivity contribution >= 4 is 66.5 Å². The van der Waals surface area contributed by atoms with Gasteiger partial charge in [0.15, 0.2) is 5.11 Å². The predicted octanol–water partition coefficient (Wildman–Crippen LogP) is 4.36. The second-order valence-electron chi connectivity index (χ2n) is 4.82. The fourth-order valence-corrected chi connectivity index (χ4v) is 3.06. The Hall–Kier alpha value is -2.36. The summed E-state index contributed by atoms with van der Waals surface area (Å²) in [6, 6.07) is 16.6. The van der Waals surface area contributed by atoms with Gasteiger partial charge in [-0.3, -0.25) is 10.1 Å². The predicted molar refractivity (Wildman–Crippen MR) is 108 cm³/mol. The van der Waals surface area contributed by atoms with Gasteiger partial charge in [-0.25, -0.2) is 0 Å². The van der Waals surface area contributed by atoms with Crippen LogP contribution in [0.1, 0.15) is 10.4 Å². The van der Waals surface area contributed by atoms with Gasteiger partial charge in [0.1, 0.15) is 0 Å². The van der Waals surface area contributed by atoms with Gasteiger partial charge in [-0.2, -0.15) is 0 Å². The minimum atomic E-state index is -0.250. The van der Waals surface area contributed by atoms with Crippen LogP contribution >= 0.6 is 39.5 Å². The van der Waals surface area contributed by atoms with E-state index in [-0.39, 0.29) is 5.91 Å². The molecule has 0 spiro atoms. The molecule has 0 aliphatic heterocycles. The average molecular weight is 434 g/mol. The topological polar surface area (TPSA) is 78.9 Å². The number of hydrogen-bond donors (Lipinski definition) is 3. The molecular formula is C16H12BrN5OS2. The number of para-hydroxylation sites is 1. The Morgan fingerprint density at radius 2 is 1.56 bits per heavy atom. The van der Waals surface area contributed by atoms with Crippen LogP contribution in [0.3, 0.4) is 0 Å². The van der Waals surface area contributed by atoms with Gasteiger partial charge in [-0.1, -0.05) is 45.5 Å². The lowest BCUT2D eigenvalue weighted by molar-refractivity contribution is 0.102. The Morgan fingerprint density at radius 1 is 0.920 bits per heavy atom. The fraction of sp³-hybridized carbons (Fsp3) is 0. The van der Waals surface area contributed by atoms with Crippen molar-refractivity contribution in [2.24, 2.45) is 0 Å². The third-order valence-corrected chi connectivity index (χ3v) is 4.49. The molecule has 0 radical (unpaired) electrons. The molecule has 25 heavy (non-hydrogen) atoms. The number of rotatable bonds is 4. The van der Waals surface area contributed by atoms with E-state index in [1.165, 1.54) is 11.3 Å². The average Bonchev–Trinajstić information content (AvgIpc) is 3.03. The molecule has 3 N–H and O–H groups in total. The number of hydrogen-bond acceptors (Lipinski definition) is 5. The largest absolute Gasteiger partial charge is 0.332 e. The Morgan fingerprint density at radius 3 is 2.24 bits per heavy atom. The van der Waals surface area contributed by atoms with E-state index in [0.717, 1.165) is 10.2 Å². The lowest BCUT2D eigenvalue weighted by Crippen LogP contribution is -2.18. The number of thiocarbonyl (C=S) groups is 1. The molecule has 0 aliphatic rings. The molecule has 0 saturated heterocycles. The van der Waals surface area contributed by atoms with Gasteiger partial charge in [0.2, 0.25) is 10.3 Å². The summed E-state index contributed by atoms with van der Waals surface area (Å²) in [7, 11) is 0. The summed E-state index contributed by atoms with van der Waals surface area (Å²) in [5.74, 6) is -0.250. The Kier molecular flexibility index (Phi) is 5.69. The molecular weight excluding hydrogens is 422 g/mol.